The highest BCUT2D eigenvalue weighted by atomic mass is 32.1. The van der Waals surface area contributed by atoms with Crippen LogP contribution in [0.3, 0.4) is 0 Å². The standard InChI is InChI=1S/C27H21NO3S/c1-16-12-13-23(31-17(2)18-8-4-3-5-9-18)25-20(27(29)30)14-22(28-26(16)25)21-15-32-24-11-7-6-10-19(21)24/h3-15,17H,1-2H3,(H,29,30)/t17-/m0/s1. The molecule has 0 aliphatic carbocycles. The van der Waals surface area contributed by atoms with Gasteiger partial charge in [0, 0.05) is 21.0 Å². The lowest BCUT2D eigenvalue weighted by Crippen LogP contribution is -2.07. The second-order valence-corrected chi connectivity index (χ2v) is 8.69. The molecule has 2 heterocycles. The number of hydrogen-bond acceptors (Lipinski definition) is 4. The molecule has 5 heteroatoms. The minimum atomic E-state index is -0.999. The lowest BCUT2D eigenvalue weighted by Gasteiger charge is -2.18. The van der Waals surface area contributed by atoms with Crippen LogP contribution >= 0.6 is 11.3 Å². The number of rotatable bonds is 5. The van der Waals surface area contributed by atoms with Crippen molar-refractivity contribution in [1.29, 1.82) is 0 Å². The first-order chi connectivity index (χ1) is 15.5. The van der Waals surface area contributed by atoms with E-state index in [1.807, 2.05) is 79.9 Å². The normalized spacial score (nSPS) is 12.2. The maximum atomic E-state index is 12.3. The summed E-state index contributed by atoms with van der Waals surface area (Å²) >= 11 is 1.63. The van der Waals surface area contributed by atoms with Crippen LogP contribution in [0.5, 0.6) is 5.75 Å². The minimum absolute atomic E-state index is 0.194. The molecule has 0 saturated carbocycles. The fourth-order valence-electron chi connectivity index (χ4n) is 4.01. The Morgan fingerprint density at radius 2 is 1.78 bits per heavy atom. The van der Waals surface area contributed by atoms with Gasteiger partial charge in [-0.1, -0.05) is 54.6 Å². The third-order valence-corrected chi connectivity index (χ3v) is 6.65. The Kier molecular flexibility index (Phi) is 5.11. The zero-order chi connectivity index (χ0) is 22.2. The Morgan fingerprint density at radius 1 is 1.03 bits per heavy atom. The molecule has 2 aromatic heterocycles. The summed E-state index contributed by atoms with van der Waals surface area (Å²) in [7, 11) is 0. The van der Waals surface area contributed by atoms with Crippen molar-refractivity contribution in [1.82, 2.24) is 4.98 Å². The first-order valence-electron chi connectivity index (χ1n) is 10.4. The molecule has 0 fully saturated rings. The van der Waals surface area contributed by atoms with Gasteiger partial charge in [0.25, 0.3) is 0 Å². The molecule has 158 valence electrons. The third-order valence-electron chi connectivity index (χ3n) is 5.68. The first-order valence-corrected chi connectivity index (χ1v) is 11.3. The van der Waals surface area contributed by atoms with Gasteiger partial charge in [-0.3, -0.25) is 0 Å². The Morgan fingerprint density at radius 3 is 2.56 bits per heavy atom. The van der Waals surface area contributed by atoms with Crippen molar-refractivity contribution in [3.8, 4) is 17.0 Å². The van der Waals surface area contributed by atoms with Crippen LogP contribution in [0, 0.1) is 6.92 Å². The zero-order valence-electron chi connectivity index (χ0n) is 17.7. The molecule has 0 unspecified atom stereocenters. The molecular weight excluding hydrogens is 418 g/mol. The number of fused-ring (bicyclic) bond motifs is 2. The summed E-state index contributed by atoms with van der Waals surface area (Å²) in [6.45, 7) is 3.90. The Bertz CT molecular complexity index is 1460. The second kappa shape index (κ2) is 8.09. The van der Waals surface area contributed by atoms with Crippen molar-refractivity contribution in [3.05, 3.63) is 94.9 Å². The number of ether oxygens (including phenoxy) is 1. The number of hydrogen-bond donors (Lipinski definition) is 1. The summed E-state index contributed by atoms with van der Waals surface area (Å²) in [5.41, 5.74) is 4.37. The molecule has 32 heavy (non-hydrogen) atoms. The molecule has 1 atom stereocenters. The van der Waals surface area contributed by atoms with E-state index < -0.39 is 5.97 Å². The maximum Gasteiger partial charge on any atom is 0.336 e. The van der Waals surface area contributed by atoms with Crippen LogP contribution in [-0.2, 0) is 0 Å². The number of nitrogens with zero attached hydrogens (tertiary/aromatic N) is 1. The molecule has 0 radical (unpaired) electrons. The number of aryl methyl sites for hydroxylation is 1. The van der Waals surface area contributed by atoms with Gasteiger partial charge in [0.15, 0.2) is 0 Å². The summed E-state index contributed by atoms with van der Waals surface area (Å²) < 4.78 is 7.40. The van der Waals surface area contributed by atoms with Crippen molar-refractivity contribution >= 4 is 38.3 Å². The summed E-state index contributed by atoms with van der Waals surface area (Å²) in [5.74, 6) is -0.477. The van der Waals surface area contributed by atoms with Crippen molar-refractivity contribution in [2.45, 2.75) is 20.0 Å². The quantitative estimate of drug-likeness (QED) is 0.313. The number of thiophene rings is 1. The van der Waals surface area contributed by atoms with Crippen LogP contribution in [0.25, 0.3) is 32.2 Å². The van der Waals surface area contributed by atoms with Gasteiger partial charge in [0.1, 0.15) is 11.9 Å². The molecule has 5 aromatic rings. The third kappa shape index (κ3) is 3.51. The van der Waals surface area contributed by atoms with E-state index in [0.717, 1.165) is 26.8 Å². The summed E-state index contributed by atoms with van der Waals surface area (Å²) in [4.78, 5) is 17.3. The lowest BCUT2D eigenvalue weighted by atomic mass is 10.0. The molecule has 0 bridgehead atoms. The molecule has 3 aromatic carbocycles. The number of pyridine rings is 1. The van der Waals surface area contributed by atoms with Gasteiger partial charge in [0.05, 0.1) is 22.2 Å². The summed E-state index contributed by atoms with van der Waals surface area (Å²) in [6.07, 6.45) is -0.232. The largest absolute Gasteiger partial charge is 0.485 e. The van der Waals surface area contributed by atoms with Gasteiger partial charge in [-0.25, -0.2) is 9.78 Å². The van der Waals surface area contributed by atoms with Crippen LogP contribution in [0.4, 0.5) is 0 Å². The van der Waals surface area contributed by atoms with Crippen molar-refractivity contribution in [2.24, 2.45) is 0 Å². The van der Waals surface area contributed by atoms with E-state index in [9.17, 15) is 9.90 Å². The number of benzene rings is 3. The zero-order valence-corrected chi connectivity index (χ0v) is 18.5. The fraction of sp³-hybridized carbons (Fsp3) is 0.111. The van der Waals surface area contributed by atoms with Crippen molar-refractivity contribution in [2.75, 3.05) is 0 Å². The average molecular weight is 440 g/mol. The van der Waals surface area contributed by atoms with E-state index >= 15 is 0 Å². The molecule has 0 spiro atoms. The highest BCUT2D eigenvalue weighted by molar-refractivity contribution is 7.17. The van der Waals surface area contributed by atoms with Gasteiger partial charge in [-0.2, -0.15) is 0 Å². The van der Waals surface area contributed by atoms with Crippen LogP contribution in [0.15, 0.2) is 78.2 Å². The summed E-state index contributed by atoms with van der Waals surface area (Å²) in [6, 6.07) is 23.4. The predicted octanol–water partition coefficient (Wildman–Crippen LogP) is 7.26. The van der Waals surface area contributed by atoms with Gasteiger partial charge in [-0.15, -0.1) is 11.3 Å². The van der Waals surface area contributed by atoms with Crippen molar-refractivity contribution < 1.29 is 14.6 Å². The van der Waals surface area contributed by atoms with Crippen LogP contribution in [0.2, 0.25) is 0 Å². The second-order valence-electron chi connectivity index (χ2n) is 7.78. The molecule has 1 N–H and O–H groups in total. The number of carboxylic acid groups (broad SMARTS) is 1. The maximum absolute atomic E-state index is 12.3. The number of aromatic carboxylic acids is 1. The SMILES string of the molecule is Cc1ccc(O[C@@H](C)c2ccccc2)c2c(C(=O)O)cc(-c3csc4ccccc34)nc12. The molecule has 0 aliphatic heterocycles. The van der Waals surface area contributed by atoms with E-state index in [1.165, 1.54) is 0 Å². The van der Waals surface area contributed by atoms with E-state index in [4.69, 9.17) is 9.72 Å². The first kappa shape index (κ1) is 20.2. The molecule has 0 saturated heterocycles. The topological polar surface area (TPSA) is 59.4 Å². The molecule has 5 rings (SSSR count). The lowest BCUT2D eigenvalue weighted by molar-refractivity contribution is 0.0698. The van der Waals surface area contributed by atoms with Gasteiger partial charge >= 0.3 is 5.97 Å². The van der Waals surface area contributed by atoms with Crippen LogP contribution < -0.4 is 4.74 Å². The highest BCUT2D eigenvalue weighted by Gasteiger charge is 2.21. The molecular formula is C27H21NO3S. The van der Waals surface area contributed by atoms with E-state index in [0.29, 0.717) is 22.3 Å². The molecule has 4 nitrogen and oxygen atoms in total. The fourth-order valence-corrected chi connectivity index (χ4v) is 4.96. The monoisotopic (exact) mass is 439 g/mol. The smallest absolute Gasteiger partial charge is 0.336 e. The van der Waals surface area contributed by atoms with Crippen molar-refractivity contribution in [3.63, 3.8) is 0 Å². The van der Waals surface area contributed by atoms with Crippen LogP contribution in [-0.4, -0.2) is 16.1 Å². The minimum Gasteiger partial charge on any atom is -0.485 e. The van der Waals surface area contributed by atoms with E-state index in [1.54, 1.807) is 17.4 Å². The van der Waals surface area contributed by atoms with Gasteiger partial charge < -0.3 is 9.84 Å². The van der Waals surface area contributed by atoms with E-state index in [2.05, 4.69) is 6.07 Å². The Hall–Kier alpha value is -3.70. The van der Waals surface area contributed by atoms with Gasteiger partial charge in [-0.05, 0) is 43.2 Å². The Labute approximate surface area is 189 Å². The summed E-state index contributed by atoms with van der Waals surface area (Å²) in [5, 5.41) is 13.7. The Balaban J connectivity index is 1.70. The number of aromatic nitrogens is 1. The molecule has 0 amide bonds. The number of carbonyl (C=O) groups is 1. The molecule has 0 aliphatic rings. The van der Waals surface area contributed by atoms with Crippen LogP contribution in [0.1, 0.15) is 34.5 Å². The average Bonchev–Trinajstić information content (AvgIpc) is 3.25. The van der Waals surface area contributed by atoms with Gasteiger partial charge in [0.2, 0.25) is 0 Å². The van der Waals surface area contributed by atoms with E-state index in [-0.39, 0.29) is 11.7 Å². The highest BCUT2D eigenvalue weighted by Crippen LogP contribution is 2.38. The predicted molar refractivity (Wildman–Crippen MR) is 130 cm³/mol. The number of carboxylic acids is 1.